The van der Waals surface area contributed by atoms with E-state index < -0.39 is 12.2 Å². The van der Waals surface area contributed by atoms with E-state index in [0.717, 1.165) is 48.2 Å². The summed E-state index contributed by atoms with van der Waals surface area (Å²) in [4.78, 5) is 28.6. The van der Waals surface area contributed by atoms with Crippen LogP contribution in [0.3, 0.4) is 0 Å². The standard InChI is InChI=1S/C28H28N2O4/c1-3-17-29-23-15-9-7-13-21(23)25(27(29)31)33-19-11-5-6-12-20-34-26-22-14-8-10-16-24(22)30(18-4-2)28(26)32/h1-2,7-10,13-16,25-26H,5-6,11-12,17-20H2. The summed E-state index contributed by atoms with van der Waals surface area (Å²) >= 11 is 0. The lowest BCUT2D eigenvalue weighted by Crippen LogP contribution is -2.30. The number of para-hydroxylation sites is 2. The first-order chi connectivity index (χ1) is 16.7. The van der Waals surface area contributed by atoms with Gasteiger partial charge in [-0.25, -0.2) is 0 Å². The maximum absolute atomic E-state index is 12.7. The molecule has 2 amide bonds. The third-order valence-electron chi connectivity index (χ3n) is 6.11. The van der Waals surface area contributed by atoms with Crippen LogP contribution in [0.1, 0.15) is 49.0 Å². The molecule has 0 N–H and O–H groups in total. The molecule has 2 aromatic carbocycles. The van der Waals surface area contributed by atoms with Gasteiger partial charge >= 0.3 is 0 Å². The molecule has 0 fully saturated rings. The molecule has 0 saturated carbocycles. The van der Waals surface area contributed by atoms with E-state index in [1.54, 1.807) is 9.80 Å². The van der Waals surface area contributed by atoms with Crippen molar-refractivity contribution in [3.8, 4) is 24.7 Å². The molecular weight excluding hydrogens is 428 g/mol. The Labute approximate surface area is 200 Å². The smallest absolute Gasteiger partial charge is 0.261 e. The Morgan fingerprint density at radius 1 is 0.676 bits per heavy atom. The van der Waals surface area contributed by atoms with Crippen LogP contribution in [-0.2, 0) is 19.1 Å². The van der Waals surface area contributed by atoms with Crippen molar-refractivity contribution in [1.29, 1.82) is 0 Å². The third kappa shape index (κ3) is 4.70. The number of hydrogen-bond acceptors (Lipinski definition) is 4. The second-order valence-electron chi connectivity index (χ2n) is 8.29. The van der Waals surface area contributed by atoms with Crippen molar-refractivity contribution in [2.24, 2.45) is 0 Å². The van der Waals surface area contributed by atoms with Crippen LogP contribution in [0, 0.1) is 24.7 Å². The van der Waals surface area contributed by atoms with Crippen LogP contribution in [0.5, 0.6) is 0 Å². The first kappa shape index (κ1) is 23.6. The zero-order chi connectivity index (χ0) is 23.9. The number of ether oxygens (including phenoxy) is 2. The molecule has 4 rings (SSSR count). The summed E-state index contributed by atoms with van der Waals surface area (Å²) in [5, 5.41) is 0. The SMILES string of the molecule is C#CCN1C(=O)C(OCCCCCCOC2C(=O)N(CC#C)c3ccccc32)c2ccccc21. The molecule has 0 saturated heterocycles. The minimum atomic E-state index is -0.590. The topological polar surface area (TPSA) is 59.1 Å². The summed E-state index contributed by atoms with van der Waals surface area (Å²) in [6.45, 7) is 1.46. The van der Waals surface area contributed by atoms with E-state index in [1.165, 1.54) is 0 Å². The molecule has 0 spiro atoms. The number of carbonyl (C=O) groups is 2. The highest BCUT2D eigenvalue weighted by Crippen LogP contribution is 2.38. The van der Waals surface area contributed by atoms with Gasteiger partial charge in [-0.1, -0.05) is 61.1 Å². The lowest BCUT2D eigenvalue weighted by atomic mass is 10.1. The number of nitrogens with zero attached hydrogens (tertiary/aromatic N) is 2. The first-order valence-electron chi connectivity index (χ1n) is 11.6. The minimum Gasteiger partial charge on any atom is -0.364 e. The first-order valence-corrected chi connectivity index (χ1v) is 11.6. The maximum Gasteiger partial charge on any atom is 0.261 e. The fourth-order valence-electron chi connectivity index (χ4n) is 4.49. The monoisotopic (exact) mass is 456 g/mol. The molecule has 2 heterocycles. The zero-order valence-corrected chi connectivity index (χ0v) is 19.1. The summed E-state index contributed by atoms with van der Waals surface area (Å²) in [6, 6.07) is 15.2. The Kier molecular flexibility index (Phi) is 7.65. The average molecular weight is 457 g/mol. The lowest BCUT2D eigenvalue weighted by molar-refractivity contribution is -0.129. The number of amides is 2. The van der Waals surface area contributed by atoms with Crippen LogP contribution in [0.2, 0.25) is 0 Å². The number of benzene rings is 2. The molecule has 2 aliphatic rings. The van der Waals surface area contributed by atoms with E-state index >= 15 is 0 Å². The molecule has 34 heavy (non-hydrogen) atoms. The van der Waals surface area contributed by atoms with Crippen LogP contribution in [0.15, 0.2) is 48.5 Å². The second kappa shape index (κ2) is 11.0. The number of rotatable bonds is 11. The van der Waals surface area contributed by atoms with Crippen molar-refractivity contribution >= 4 is 23.2 Å². The molecule has 6 nitrogen and oxygen atoms in total. The van der Waals surface area contributed by atoms with Crippen LogP contribution in [0.25, 0.3) is 0 Å². The average Bonchev–Trinajstić information content (AvgIpc) is 3.27. The third-order valence-corrected chi connectivity index (χ3v) is 6.11. The van der Waals surface area contributed by atoms with Gasteiger partial charge in [-0.2, -0.15) is 0 Å². The number of fused-ring (bicyclic) bond motifs is 2. The number of carbonyl (C=O) groups excluding carboxylic acids is 2. The Hall–Kier alpha value is -3.58. The highest BCUT2D eigenvalue weighted by Gasteiger charge is 2.38. The zero-order valence-electron chi connectivity index (χ0n) is 19.1. The molecule has 0 aromatic heterocycles. The van der Waals surface area contributed by atoms with Crippen molar-refractivity contribution in [1.82, 2.24) is 0 Å². The Morgan fingerprint density at radius 3 is 1.50 bits per heavy atom. The largest absolute Gasteiger partial charge is 0.364 e. The summed E-state index contributed by atoms with van der Waals surface area (Å²) in [5.41, 5.74) is 3.40. The molecule has 0 bridgehead atoms. The Bertz CT molecular complexity index is 1040. The van der Waals surface area contributed by atoms with Gasteiger partial charge in [0.25, 0.3) is 11.8 Å². The summed E-state index contributed by atoms with van der Waals surface area (Å²) in [5.74, 6) is 4.87. The molecule has 2 aliphatic heterocycles. The molecule has 2 unspecified atom stereocenters. The number of terminal acetylenes is 2. The fourth-order valence-corrected chi connectivity index (χ4v) is 4.49. The van der Waals surface area contributed by atoms with E-state index in [0.29, 0.717) is 13.2 Å². The highest BCUT2D eigenvalue weighted by molar-refractivity contribution is 6.05. The van der Waals surface area contributed by atoms with Gasteiger partial charge in [0.05, 0.1) is 24.5 Å². The normalized spacial score (nSPS) is 18.5. The van der Waals surface area contributed by atoms with Crippen molar-refractivity contribution in [2.45, 2.75) is 37.9 Å². The predicted octanol–water partition coefficient (Wildman–Crippen LogP) is 4.02. The van der Waals surface area contributed by atoms with Crippen molar-refractivity contribution in [2.75, 3.05) is 36.1 Å². The van der Waals surface area contributed by atoms with Crippen molar-refractivity contribution in [3.63, 3.8) is 0 Å². The summed E-state index contributed by atoms with van der Waals surface area (Å²) in [7, 11) is 0. The van der Waals surface area contributed by atoms with Gasteiger partial charge in [-0.3, -0.25) is 19.4 Å². The Balaban J connectivity index is 1.18. The predicted molar refractivity (Wildman–Crippen MR) is 131 cm³/mol. The van der Waals surface area contributed by atoms with Crippen LogP contribution in [0.4, 0.5) is 11.4 Å². The van der Waals surface area contributed by atoms with Gasteiger partial charge in [0.15, 0.2) is 12.2 Å². The van der Waals surface area contributed by atoms with Crippen molar-refractivity contribution < 1.29 is 19.1 Å². The number of anilines is 2. The molecule has 0 radical (unpaired) electrons. The molecule has 0 aliphatic carbocycles. The maximum atomic E-state index is 12.7. The second-order valence-corrected chi connectivity index (χ2v) is 8.29. The summed E-state index contributed by atoms with van der Waals surface area (Å²) in [6.07, 6.45) is 13.2. The van der Waals surface area contributed by atoms with Crippen molar-refractivity contribution in [3.05, 3.63) is 59.7 Å². The van der Waals surface area contributed by atoms with Gasteiger partial charge in [0.1, 0.15) is 0 Å². The lowest BCUT2D eigenvalue weighted by Gasteiger charge is -2.15. The van der Waals surface area contributed by atoms with Gasteiger partial charge in [0.2, 0.25) is 0 Å². The van der Waals surface area contributed by atoms with Gasteiger partial charge in [0, 0.05) is 24.3 Å². The van der Waals surface area contributed by atoms with E-state index in [1.807, 2.05) is 48.5 Å². The fraction of sp³-hybridized carbons (Fsp3) is 0.357. The van der Waals surface area contributed by atoms with Crippen LogP contribution < -0.4 is 9.80 Å². The molecular formula is C28H28N2O4. The number of unbranched alkanes of at least 4 members (excludes halogenated alkanes) is 3. The summed E-state index contributed by atoms with van der Waals surface area (Å²) < 4.78 is 11.9. The molecule has 2 aromatic rings. The van der Waals surface area contributed by atoms with Crippen LogP contribution in [-0.4, -0.2) is 38.1 Å². The van der Waals surface area contributed by atoms with Gasteiger partial charge < -0.3 is 9.47 Å². The molecule has 2 atom stereocenters. The van der Waals surface area contributed by atoms with E-state index in [9.17, 15) is 9.59 Å². The molecule has 6 heteroatoms. The van der Waals surface area contributed by atoms with E-state index in [-0.39, 0.29) is 24.9 Å². The highest BCUT2D eigenvalue weighted by atomic mass is 16.5. The van der Waals surface area contributed by atoms with E-state index in [2.05, 4.69) is 11.8 Å². The van der Waals surface area contributed by atoms with Crippen LogP contribution >= 0.6 is 0 Å². The molecule has 174 valence electrons. The number of hydrogen-bond donors (Lipinski definition) is 0. The minimum absolute atomic E-state index is 0.104. The van der Waals surface area contributed by atoms with Gasteiger partial charge in [-0.05, 0) is 25.0 Å². The van der Waals surface area contributed by atoms with Gasteiger partial charge in [-0.15, -0.1) is 12.8 Å². The Morgan fingerprint density at radius 2 is 1.09 bits per heavy atom. The quantitative estimate of drug-likeness (QED) is 0.379. The van der Waals surface area contributed by atoms with E-state index in [4.69, 9.17) is 22.3 Å².